The molecule has 2 aromatic rings. The van der Waals surface area contributed by atoms with Gasteiger partial charge in [-0.2, -0.15) is 0 Å². The van der Waals surface area contributed by atoms with Gasteiger partial charge in [0.15, 0.2) is 5.17 Å². The van der Waals surface area contributed by atoms with Gasteiger partial charge in [-0.25, -0.2) is 4.99 Å². The predicted octanol–water partition coefficient (Wildman–Crippen LogP) is 4.32. The van der Waals surface area contributed by atoms with Crippen molar-refractivity contribution in [2.75, 3.05) is 0 Å². The maximum Gasteiger partial charge on any atom is 0.264 e. The second-order valence-electron chi connectivity index (χ2n) is 5.53. The van der Waals surface area contributed by atoms with Crippen LogP contribution in [0.1, 0.15) is 30.9 Å². The lowest BCUT2D eigenvalue weighted by Gasteiger charge is -2.01. The largest absolute Gasteiger partial charge is 0.300 e. The van der Waals surface area contributed by atoms with Gasteiger partial charge in [-0.1, -0.05) is 25.5 Å². The van der Waals surface area contributed by atoms with Crippen molar-refractivity contribution >= 4 is 34.6 Å². The molecule has 1 aromatic heterocycles. The second-order valence-corrected chi connectivity index (χ2v) is 6.56. The third-order valence-corrected chi connectivity index (χ3v) is 4.55. The monoisotopic (exact) mass is 337 g/mol. The van der Waals surface area contributed by atoms with Gasteiger partial charge < -0.3 is 5.32 Å². The van der Waals surface area contributed by atoms with Crippen LogP contribution in [0.3, 0.4) is 0 Å². The van der Waals surface area contributed by atoms with Crippen molar-refractivity contribution in [2.45, 2.75) is 26.2 Å². The lowest BCUT2D eigenvalue weighted by Crippen LogP contribution is -2.19. The van der Waals surface area contributed by atoms with E-state index in [0.29, 0.717) is 10.1 Å². The average molecular weight is 337 g/mol. The van der Waals surface area contributed by atoms with Crippen LogP contribution < -0.4 is 5.32 Å². The molecule has 0 bridgehead atoms. The van der Waals surface area contributed by atoms with E-state index >= 15 is 0 Å². The number of carbonyl (C=O) groups excluding carboxylic acids is 1. The lowest BCUT2D eigenvalue weighted by atomic mass is 10.1. The summed E-state index contributed by atoms with van der Waals surface area (Å²) in [6.45, 7) is 2.19. The van der Waals surface area contributed by atoms with Crippen LogP contribution in [0.25, 0.3) is 6.08 Å². The summed E-state index contributed by atoms with van der Waals surface area (Å²) in [4.78, 5) is 21.2. The molecular formula is C19H19N3OS. The number of amides is 1. The van der Waals surface area contributed by atoms with Gasteiger partial charge in [-0.3, -0.25) is 9.78 Å². The Balaban J connectivity index is 1.71. The summed E-state index contributed by atoms with van der Waals surface area (Å²) in [5, 5.41) is 3.42. The molecule has 0 spiro atoms. The smallest absolute Gasteiger partial charge is 0.264 e. The van der Waals surface area contributed by atoms with Crippen molar-refractivity contribution in [3.63, 3.8) is 0 Å². The molecule has 0 atom stereocenters. The standard InChI is InChI=1S/C19H19N3OS/c1-2-3-4-14-5-7-16(8-6-14)21-19-22-18(23)17(24-19)13-15-9-11-20-12-10-15/h5-13H,2-4H2,1H3,(H,21,22,23)/b17-13-. The zero-order valence-corrected chi connectivity index (χ0v) is 14.3. The van der Waals surface area contributed by atoms with Crippen LogP contribution in [0.2, 0.25) is 0 Å². The van der Waals surface area contributed by atoms with Gasteiger partial charge in [0.1, 0.15) is 0 Å². The van der Waals surface area contributed by atoms with E-state index in [0.717, 1.165) is 17.7 Å². The van der Waals surface area contributed by atoms with E-state index in [4.69, 9.17) is 0 Å². The predicted molar refractivity (Wildman–Crippen MR) is 100 cm³/mol. The van der Waals surface area contributed by atoms with Gasteiger partial charge in [0, 0.05) is 12.4 Å². The minimum Gasteiger partial charge on any atom is -0.300 e. The highest BCUT2D eigenvalue weighted by molar-refractivity contribution is 8.18. The number of unbranched alkanes of at least 4 members (excludes halogenated alkanes) is 1. The fourth-order valence-electron chi connectivity index (χ4n) is 2.33. The Hall–Kier alpha value is -2.40. The molecule has 5 heteroatoms. The molecular weight excluding hydrogens is 318 g/mol. The van der Waals surface area contributed by atoms with Crippen molar-refractivity contribution in [3.05, 3.63) is 64.8 Å². The summed E-state index contributed by atoms with van der Waals surface area (Å²) in [6, 6.07) is 11.9. The van der Waals surface area contributed by atoms with E-state index in [1.807, 2.05) is 30.3 Å². The number of hydrogen-bond donors (Lipinski definition) is 1. The molecule has 122 valence electrons. The number of pyridine rings is 1. The number of nitrogens with zero attached hydrogens (tertiary/aromatic N) is 2. The van der Waals surface area contributed by atoms with E-state index in [-0.39, 0.29) is 5.91 Å². The quantitative estimate of drug-likeness (QED) is 0.827. The number of carbonyl (C=O) groups is 1. The van der Waals surface area contributed by atoms with Crippen molar-refractivity contribution in [1.29, 1.82) is 0 Å². The highest BCUT2D eigenvalue weighted by atomic mass is 32.2. The first-order chi connectivity index (χ1) is 11.7. The minimum atomic E-state index is -0.116. The molecule has 1 aliphatic rings. The second kappa shape index (κ2) is 7.93. The van der Waals surface area contributed by atoms with E-state index in [1.165, 1.54) is 30.2 Å². The van der Waals surface area contributed by atoms with Crippen LogP contribution in [0.4, 0.5) is 5.69 Å². The third-order valence-electron chi connectivity index (χ3n) is 3.64. The summed E-state index contributed by atoms with van der Waals surface area (Å²) >= 11 is 1.36. The zero-order chi connectivity index (χ0) is 16.8. The van der Waals surface area contributed by atoms with Gasteiger partial charge in [0.05, 0.1) is 10.6 Å². The third kappa shape index (κ3) is 4.32. The average Bonchev–Trinajstić information content (AvgIpc) is 2.94. The molecule has 0 saturated carbocycles. The number of rotatable bonds is 5. The SMILES string of the molecule is CCCCc1ccc(N=C2NC(=O)/C(=C/c3ccncc3)S2)cc1. The molecule has 2 heterocycles. The molecule has 4 nitrogen and oxygen atoms in total. The van der Waals surface area contributed by atoms with Crippen molar-refractivity contribution < 1.29 is 4.79 Å². The molecule has 1 aliphatic heterocycles. The molecule has 0 unspecified atom stereocenters. The van der Waals surface area contributed by atoms with Gasteiger partial charge in [0.25, 0.3) is 5.91 Å². The minimum absolute atomic E-state index is 0.116. The highest BCUT2D eigenvalue weighted by Crippen LogP contribution is 2.28. The van der Waals surface area contributed by atoms with Gasteiger partial charge >= 0.3 is 0 Å². The Morgan fingerprint density at radius 3 is 2.62 bits per heavy atom. The number of benzene rings is 1. The van der Waals surface area contributed by atoms with Gasteiger partial charge in [0.2, 0.25) is 0 Å². The number of hydrogen-bond acceptors (Lipinski definition) is 4. The van der Waals surface area contributed by atoms with Crippen LogP contribution in [0.15, 0.2) is 58.7 Å². The fraction of sp³-hybridized carbons (Fsp3) is 0.211. The Morgan fingerprint density at radius 2 is 1.92 bits per heavy atom. The van der Waals surface area contributed by atoms with Crippen LogP contribution in [-0.2, 0) is 11.2 Å². The maximum atomic E-state index is 12.1. The summed E-state index contributed by atoms with van der Waals surface area (Å²) < 4.78 is 0. The number of aryl methyl sites for hydroxylation is 1. The molecule has 1 fully saturated rings. The van der Waals surface area contributed by atoms with Crippen LogP contribution in [0.5, 0.6) is 0 Å². The van der Waals surface area contributed by atoms with Crippen LogP contribution in [0, 0.1) is 0 Å². The Morgan fingerprint density at radius 1 is 1.17 bits per heavy atom. The summed E-state index contributed by atoms with van der Waals surface area (Å²) in [7, 11) is 0. The van der Waals surface area contributed by atoms with Gasteiger partial charge in [-0.05, 0) is 66.1 Å². The van der Waals surface area contributed by atoms with Crippen LogP contribution in [-0.4, -0.2) is 16.1 Å². The van der Waals surface area contributed by atoms with E-state index in [9.17, 15) is 4.79 Å². The lowest BCUT2D eigenvalue weighted by molar-refractivity contribution is -0.115. The van der Waals surface area contributed by atoms with E-state index < -0.39 is 0 Å². The molecule has 0 aliphatic carbocycles. The molecule has 1 N–H and O–H groups in total. The van der Waals surface area contributed by atoms with E-state index in [2.05, 4.69) is 34.3 Å². The topological polar surface area (TPSA) is 54.4 Å². The fourth-order valence-corrected chi connectivity index (χ4v) is 3.17. The normalized spacial score (nSPS) is 17.5. The number of aliphatic imine (C=N–C) groups is 1. The molecule has 0 radical (unpaired) electrons. The van der Waals surface area contributed by atoms with Crippen LogP contribution >= 0.6 is 11.8 Å². The Bertz CT molecular complexity index is 767. The first-order valence-corrected chi connectivity index (χ1v) is 8.85. The highest BCUT2D eigenvalue weighted by Gasteiger charge is 2.23. The first kappa shape index (κ1) is 16.5. The van der Waals surface area contributed by atoms with Crippen molar-refractivity contribution in [1.82, 2.24) is 10.3 Å². The van der Waals surface area contributed by atoms with Gasteiger partial charge in [-0.15, -0.1) is 0 Å². The molecule has 1 saturated heterocycles. The summed E-state index contributed by atoms with van der Waals surface area (Å²) in [5.74, 6) is -0.116. The van der Waals surface area contributed by atoms with Crippen molar-refractivity contribution in [2.24, 2.45) is 4.99 Å². The first-order valence-electron chi connectivity index (χ1n) is 8.03. The Kier molecular flexibility index (Phi) is 5.43. The molecule has 1 aromatic carbocycles. The molecule has 3 rings (SSSR count). The molecule has 1 amide bonds. The van der Waals surface area contributed by atoms with Crippen molar-refractivity contribution in [3.8, 4) is 0 Å². The number of aromatic nitrogens is 1. The summed E-state index contributed by atoms with van der Waals surface area (Å²) in [5.41, 5.74) is 3.12. The van der Waals surface area contributed by atoms with E-state index in [1.54, 1.807) is 12.4 Å². The number of thioether (sulfide) groups is 1. The molecule has 24 heavy (non-hydrogen) atoms. The Labute approximate surface area is 146 Å². The number of amidine groups is 1. The zero-order valence-electron chi connectivity index (χ0n) is 13.5. The number of nitrogens with one attached hydrogen (secondary N) is 1. The summed E-state index contributed by atoms with van der Waals surface area (Å²) in [6.07, 6.45) is 8.75. The maximum absolute atomic E-state index is 12.1.